The van der Waals surface area contributed by atoms with Gasteiger partial charge in [-0.15, -0.1) is 0 Å². The van der Waals surface area contributed by atoms with Crippen LogP contribution in [0.5, 0.6) is 0 Å². The highest BCUT2D eigenvalue weighted by atomic mass is 32.2. The van der Waals surface area contributed by atoms with Crippen molar-refractivity contribution in [1.82, 2.24) is 15.0 Å². The number of benzene rings is 3. The standard InChI is InChI=1S/C30H27FN4OS2/c1-20(22-6-4-3-5-7-22)33-27-18-24(16-17-32-27)29-28(23-10-12-25(31)13-11-23)34-30(35-29)37-19-21-8-14-26(15-9-21)38(2)36/h3-18,20H,19H2,1-2H3,(H,32,33)(H,34,35). The maximum Gasteiger partial charge on any atom is 0.166 e. The molecule has 0 aliphatic heterocycles. The van der Waals surface area contributed by atoms with E-state index in [2.05, 4.69) is 34.3 Å². The van der Waals surface area contributed by atoms with Crippen molar-refractivity contribution < 1.29 is 8.60 Å². The van der Waals surface area contributed by atoms with Crippen LogP contribution < -0.4 is 5.32 Å². The monoisotopic (exact) mass is 542 g/mol. The van der Waals surface area contributed by atoms with Gasteiger partial charge in [0.05, 0.1) is 11.4 Å². The molecule has 192 valence electrons. The smallest absolute Gasteiger partial charge is 0.166 e. The second kappa shape index (κ2) is 11.8. The summed E-state index contributed by atoms with van der Waals surface area (Å²) in [4.78, 5) is 13.7. The molecule has 5 aromatic rings. The van der Waals surface area contributed by atoms with Crippen LogP contribution in [0.2, 0.25) is 0 Å². The first-order chi connectivity index (χ1) is 18.5. The molecule has 0 saturated carbocycles. The van der Waals surface area contributed by atoms with Crippen LogP contribution in [0.25, 0.3) is 22.5 Å². The summed E-state index contributed by atoms with van der Waals surface area (Å²) in [5.74, 6) is 1.16. The zero-order valence-electron chi connectivity index (χ0n) is 21.0. The number of anilines is 1. The summed E-state index contributed by atoms with van der Waals surface area (Å²) >= 11 is 1.58. The fourth-order valence-electron chi connectivity index (χ4n) is 4.09. The van der Waals surface area contributed by atoms with Gasteiger partial charge in [-0.1, -0.05) is 54.2 Å². The van der Waals surface area contributed by atoms with Crippen LogP contribution in [0.4, 0.5) is 10.2 Å². The highest BCUT2D eigenvalue weighted by Gasteiger charge is 2.16. The molecule has 5 nitrogen and oxygen atoms in total. The van der Waals surface area contributed by atoms with Crippen molar-refractivity contribution in [1.29, 1.82) is 0 Å². The van der Waals surface area contributed by atoms with E-state index in [4.69, 9.17) is 4.98 Å². The minimum Gasteiger partial charge on any atom is -0.364 e. The molecule has 0 bridgehead atoms. The first kappa shape index (κ1) is 25.9. The molecule has 0 spiro atoms. The van der Waals surface area contributed by atoms with Gasteiger partial charge in [0.2, 0.25) is 0 Å². The third-order valence-corrected chi connectivity index (χ3v) is 8.02. The number of rotatable bonds is 9. The molecule has 0 aliphatic carbocycles. The molecular formula is C30H27FN4OS2. The van der Waals surface area contributed by atoms with Crippen molar-refractivity contribution in [2.24, 2.45) is 0 Å². The average molecular weight is 543 g/mol. The number of imidazole rings is 1. The van der Waals surface area contributed by atoms with Gasteiger partial charge in [-0.05, 0) is 66.6 Å². The van der Waals surface area contributed by atoms with Gasteiger partial charge in [0.15, 0.2) is 5.16 Å². The van der Waals surface area contributed by atoms with Gasteiger partial charge in [0.25, 0.3) is 0 Å². The first-order valence-electron chi connectivity index (χ1n) is 12.2. The maximum absolute atomic E-state index is 13.7. The summed E-state index contributed by atoms with van der Waals surface area (Å²) in [5.41, 5.74) is 5.62. The van der Waals surface area contributed by atoms with E-state index in [0.717, 1.165) is 43.9 Å². The van der Waals surface area contributed by atoms with E-state index in [1.807, 2.05) is 54.6 Å². The van der Waals surface area contributed by atoms with Crippen molar-refractivity contribution in [3.8, 4) is 22.5 Å². The minimum atomic E-state index is -1.00. The number of aromatic amines is 1. The third-order valence-electron chi connectivity index (χ3n) is 6.14. The maximum atomic E-state index is 13.7. The predicted octanol–water partition coefficient (Wildman–Crippen LogP) is 7.48. The number of halogens is 1. The second-order valence-electron chi connectivity index (χ2n) is 8.87. The van der Waals surface area contributed by atoms with Gasteiger partial charge < -0.3 is 10.3 Å². The summed E-state index contributed by atoms with van der Waals surface area (Å²) in [7, 11) is -1.00. The van der Waals surface area contributed by atoms with Crippen LogP contribution in [0.3, 0.4) is 0 Å². The Labute approximate surface area is 228 Å². The van der Waals surface area contributed by atoms with Crippen LogP contribution in [0.15, 0.2) is 107 Å². The van der Waals surface area contributed by atoms with Crippen LogP contribution in [0.1, 0.15) is 24.1 Å². The van der Waals surface area contributed by atoms with E-state index in [0.29, 0.717) is 5.75 Å². The molecule has 2 atom stereocenters. The van der Waals surface area contributed by atoms with E-state index in [1.54, 1.807) is 36.3 Å². The normalized spacial score (nSPS) is 12.7. The summed E-state index contributed by atoms with van der Waals surface area (Å²) < 4.78 is 25.3. The molecule has 5 rings (SSSR count). The summed E-state index contributed by atoms with van der Waals surface area (Å²) in [6.07, 6.45) is 3.44. The van der Waals surface area contributed by atoms with E-state index < -0.39 is 10.8 Å². The van der Waals surface area contributed by atoms with Crippen molar-refractivity contribution in [3.05, 3.63) is 114 Å². The fraction of sp³-hybridized carbons (Fsp3) is 0.133. The molecule has 0 saturated heterocycles. The number of hydrogen-bond donors (Lipinski definition) is 2. The zero-order chi connectivity index (χ0) is 26.5. The molecule has 2 unspecified atom stereocenters. The molecular weight excluding hydrogens is 515 g/mol. The van der Waals surface area contributed by atoms with Gasteiger partial charge in [0.1, 0.15) is 11.6 Å². The Kier molecular flexibility index (Phi) is 8.00. The second-order valence-corrected chi connectivity index (χ2v) is 11.2. The molecule has 0 fully saturated rings. The Balaban J connectivity index is 1.43. The number of nitrogens with zero attached hydrogens (tertiary/aromatic N) is 2. The molecule has 38 heavy (non-hydrogen) atoms. The first-order valence-corrected chi connectivity index (χ1v) is 14.7. The quantitative estimate of drug-likeness (QED) is 0.189. The number of hydrogen-bond acceptors (Lipinski definition) is 5. The lowest BCUT2D eigenvalue weighted by atomic mass is 10.1. The number of pyridine rings is 1. The summed E-state index contributed by atoms with van der Waals surface area (Å²) in [5, 5.41) is 4.23. The van der Waals surface area contributed by atoms with Gasteiger partial charge in [0, 0.05) is 51.1 Å². The molecule has 2 N–H and O–H groups in total. The molecule has 0 aliphatic rings. The lowest BCUT2D eigenvalue weighted by molar-refractivity contribution is 0.628. The van der Waals surface area contributed by atoms with Crippen molar-refractivity contribution in [2.75, 3.05) is 11.6 Å². The van der Waals surface area contributed by atoms with E-state index in [9.17, 15) is 8.60 Å². The van der Waals surface area contributed by atoms with Gasteiger partial charge in [-0.2, -0.15) is 0 Å². The van der Waals surface area contributed by atoms with Gasteiger partial charge in [-0.3, -0.25) is 4.21 Å². The average Bonchev–Trinajstić information content (AvgIpc) is 3.37. The largest absolute Gasteiger partial charge is 0.364 e. The Hall–Kier alpha value is -3.75. The number of aromatic nitrogens is 3. The van der Waals surface area contributed by atoms with Crippen LogP contribution >= 0.6 is 11.8 Å². The van der Waals surface area contributed by atoms with Crippen molar-refractivity contribution >= 4 is 28.4 Å². The van der Waals surface area contributed by atoms with Crippen LogP contribution in [0, 0.1) is 5.82 Å². The summed E-state index contributed by atoms with van der Waals surface area (Å²) in [6.45, 7) is 2.10. The van der Waals surface area contributed by atoms with Gasteiger partial charge >= 0.3 is 0 Å². The number of thioether (sulfide) groups is 1. The fourth-order valence-corrected chi connectivity index (χ4v) is 5.43. The molecule has 2 heterocycles. The predicted molar refractivity (Wildman–Crippen MR) is 154 cm³/mol. The van der Waals surface area contributed by atoms with E-state index >= 15 is 0 Å². The van der Waals surface area contributed by atoms with Crippen molar-refractivity contribution in [3.63, 3.8) is 0 Å². The SMILES string of the molecule is CC(Nc1cc(-c2nc(SCc3ccc(S(C)=O)cc3)[nH]c2-c2ccc(F)cc2)ccn1)c1ccccc1. The summed E-state index contributed by atoms with van der Waals surface area (Å²) in [6, 6.07) is 28.4. The molecule has 8 heteroatoms. The highest BCUT2D eigenvalue weighted by Crippen LogP contribution is 2.34. The highest BCUT2D eigenvalue weighted by molar-refractivity contribution is 7.98. The topological polar surface area (TPSA) is 70.7 Å². The molecule has 0 radical (unpaired) electrons. The van der Waals surface area contributed by atoms with Crippen LogP contribution in [-0.2, 0) is 16.6 Å². The zero-order valence-corrected chi connectivity index (χ0v) is 22.7. The molecule has 0 amide bonds. The molecule has 3 aromatic carbocycles. The lowest BCUT2D eigenvalue weighted by Gasteiger charge is -2.15. The minimum absolute atomic E-state index is 0.0809. The third kappa shape index (κ3) is 6.20. The Morgan fingerprint density at radius 2 is 1.71 bits per heavy atom. The van der Waals surface area contributed by atoms with Crippen LogP contribution in [-0.4, -0.2) is 25.4 Å². The van der Waals surface area contributed by atoms with Crippen molar-refractivity contribution in [2.45, 2.75) is 28.8 Å². The molecule has 2 aromatic heterocycles. The lowest BCUT2D eigenvalue weighted by Crippen LogP contribution is -2.07. The Morgan fingerprint density at radius 1 is 0.974 bits per heavy atom. The number of nitrogens with one attached hydrogen (secondary N) is 2. The Bertz CT molecular complexity index is 1540. The van der Waals surface area contributed by atoms with E-state index in [-0.39, 0.29) is 11.9 Å². The number of H-pyrrole nitrogens is 1. The Morgan fingerprint density at radius 3 is 2.42 bits per heavy atom. The van der Waals surface area contributed by atoms with Gasteiger partial charge in [-0.25, -0.2) is 14.4 Å². The van der Waals surface area contributed by atoms with E-state index in [1.165, 1.54) is 17.7 Å².